The maximum absolute atomic E-state index is 11.8. The molecule has 4 heteroatoms. The van der Waals surface area contributed by atoms with Gasteiger partial charge in [0.15, 0.2) is 0 Å². The second-order valence-electron chi connectivity index (χ2n) is 4.34. The molecule has 1 amide bonds. The average Bonchev–Trinajstić information content (AvgIpc) is 2.48. The van der Waals surface area contributed by atoms with Gasteiger partial charge < -0.3 is 5.32 Å². The number of carbonyl (C=O) groups excluding carboxylic acids is 1. The lowest BCUT2D eigenvalue weighted by atomic mass is 10.1. The highest BCUT2D eigenvalue weighted by Crippen LogP contribution is 2.19. The van der Waals surface area contributed by atoms with E-state index in [4.69, 9.17) is 16.9 Å². The summed E-state index contributed by atoms with van der Waals surface area (Å²) >= 11 is 5.84. The van der Waals surface area contributed by atoms with Crippen LogP contribution in [0.25, 0.3) is 0 Å². The summed E-state index contributed by atoms with van der Waals surface area (Å²) in [4.78, 5) is 11.8. The smallest absolute Gasteiger partial charge is 0.224 e. The average molecular weight is 285 g/mol. The number of nitrogens with zero attached hydrogens (tertiary/aromatic N) is 1. The minimum atomic E-state index is -0.0833. The largest absolute Gasteiger partial charge is 0.326 e. The van der Waals surface area contributed by atoms with Gasteiger partial charge in [0.2, 0.25) is 5.91 Å². The van der Waals surface area contributed by atoms with Gasteiger partial charge in [-0.05, 0) is 30.2 Å². The quantitative estimate of drug-likeness (QED) is 0.929. The zero-order valence-corrected chi connectivity index (χ0v) is 11.5. The summed E-state index contributed by atoms with van der Waals surface area (Å²) in [6, 6.07) is 16.7. The van der Waals surface area contributed by atoms with Gasteiger partial charge in [0.05, 0.1) is 10.6 Å². The van der Waals surface area contributed by atoms with Crippen LogP contribution in [0.5, 0.6) is 0 Å². The van der Waals surface area contributed by atoms with Crippen LogP contribution in [-0.2, 0) is 11.2 Å². The van der Waals surface area contributed by atoms with Gasteiger partial charge in [0.1, 0.15) is 6.07 Å². The van der Waals surface area contributed by atoms with E-state index < -0.39 is 0 Å². The molecule has 100 valence electrons. The van der Waals surface area contributed by atoms with E-state index in [-0.39, 0.29) is 5.91 Å². The number of benzene rings is 2. The lowest BCUT2D eigenvalue weighted by molar-refractivity contribution is -0.116. The maximum Gasteiger partial charge on any atom is 0.224 e. The molecule has 0 bridgehead atoms. The minimum Gasteiger partial charge on any atom is -0.326 e. The summed E-state index contributed by atoms with van der Waals surface area (Å²) < 4.78 is 0. The third kappa shape index (κ3) is 3.84. The predicted octanol–water partition coefficient (Wildman–Crippen LogP) is 3.78. The molecule has 0 aliphatic rings. The van der Waals surface area contributed by atoms with Crippen molar-refractivity contribution in [2.75, 3.05) is 5.32 Å². The first-order valence-corrected chi connectivity index (χ1v) is 6.60. The van der Waals surface area contributed by atoms with E-state index in [0.29, 0.717) is 29.1 Å². The van der Waals surface area contributed by atoms with Gasteiger partial charge in [-0.15, -0.1) is 0 Å². The third-order valence-electron chi connectivity index (χ3n) is 2.85. The molecular weight excluding hydrogens is 272 g/mol. The molecular formula is C16H13ClN2O. The molecule has 0 spiro atoms. The predicted molar refractivity (Wildman–Crippen MR) is 79.6 cm³/mol. The zero-order chi connectivity index (χ0) is 14.4. The Morgan fingerprint density at radius 1 is 1.20 bits per heavy atom. The van der Waals surface area contributed by atoms with E-state index in [1.807, 2.05) is 36.4 Å². The van der Waals surface area contributed by atoms with Crippen LogP contribution in [0.15, 0.2) is 48.5 Å². The summed E-state index contributed by atoms with van der Waals surface area (Å²) in [5.41, 5.74) is 2.06. The number of hydrogen-bond donors (Lipinski definition) is 1. The van der Waals surface area contributed by atoms with Crippen molar-refractivity contribution in [3.8, 4) is 6.07 Å². The molecule has 0 saturated carbocycles. The molecule has 0 radical (unpaired) electrons. The first kappa shape index (κ1) is 14.1. The molecule has 0 aliphatic heterocycles. The van der Waals surface area contributed by atoms with Gasteiger partial charge in [-0.1, -0.05) is 41.9 Å². The number of anilines is 1. The van der Waals surface area contributed by atoms with Crippen LogP contribution in [0.4, 0.5) is 5.69 Å². The van der Waals surface area contributed by atoms with Crippen LogP contribution >= 0.6 is 11.6 Å². The molecule has 2 aromatic rings. The Morgan fingerprint density at radius 3 is 2.65 bits per heavy atom. The number of rotatable bonds is 4. The molecule has 0 saturated heterocycles. The number of nitriles is 1. The summed E-state index contributed by atoms with van der Waals surface area (Å²) in [5, 5.41) is 12.0. The second kappa shape index (κ2) is 6.74. The number of nitrogens with one attached hydrogen (secondary N) is 1. The number of carbonyl (C=O) groups is 1. The maximum atomic E-state index is 11.8. The van der Waals surface area contributed by atoms with Gasteiger partial charge >= 0.3 is 0 Å². The standard InChI is InChI=1S/C16H13ClN2O/c17-15-8-7-14(10-13(15)11-18)19-16(20)9-6-12-4-2-1-3-5-12/h1-5,7-8,10H,6,9H2,(H,19,20). The minimum absolute atomic E-state index is 0.0833. The van der Waals surface area contributed by atoms with Gasteiger partial charge in [-0.25, -0.2) is 0 Å². The van der Waals surface area contributed by atoms with E-state index in [1.165, 1.54) is 0 Å². The molecule has 0 aliphatic carbocycles. The van der Waals surface area contributed by atoms with Crippen molar-refractivity contribution in [1.29, 1.82) is 5.26 Å². The van der Waals surface area contributed by atoms with E-state index in [1.54, 1.807) is 18.2 Å². The summed E-state index contributed by atoms with van der Waals surface area (Å²) in [7, 11) is 0. The third-order valence-corrected chi connectivity index (χ3v) is 3.18. The molecule has 0 atom stereocenters. The molecule has 0 aromatic heterocycles. The van der Waals surface area contributed by atoms with E-state index in [2.05, 4.69) is 5.32 Å². The van der Waals surface area contributed by atoms with Crippen LogP contribution in [-0.4, -0.2) is 5.91 Å². The molecule has 2 rings (SSSR count). The Bertz CT molecular complexity index is 647. The Morgan fingerprint density at radius 2 is 1.95 bits per heavy atom. The van der Waals surface area contributed by atoms with E-state index in [0.717, 1.165) is 5.56 Å². The summed E-state index contributed by atoms with van der Waals surface area (Å²) in [6.07, 6.45) is 1.08. The van der Waals surface area contributed by atoms with Crippen molar-refractivity contribution in [2.45, 2.75) is 12.8 Å². The fourth-order valence-corrected chi connectivity index (χ4v) is 1.97. The Kier molecular flexibility index (Phi) is 4.75. The highest BCUT2D eigenvalue weighted by Gasteiger charge is 2.05. The molecule has 2 aromatic carbocycles. The van der Waals surface area contributed by atoms with Crippen molar-refractivity contribution >= 4 is 23.2 Å². The Balaban J connectivity index is 1.93. The Labute approximate surface area is 122 Å². The van der Waals surface area contributed by atoms with Crippen molar-refractivity contribution in [2.24, 2.45) is 0 Å². The van der Waals surface area contributed by atoms with Crippen LogP contribution in [0.2, 0.25) is 5.02 Å². The number of amides is 1. The van der Waals surface area contributed by atoms with Crippen LogP contribution in [0.3, 0.4) is 0 Å². The van der Waals surface area contributed by atoms with Crippen molar-refractivity contribution in [1.82, 2.24) is 0 Å². The topological polar surface area (TPSA) is 52.9 Å². The van der Waals surface area contributed by atoms with Crippen LogP contribution in [0.1, 0.15) is 17.5 Å². The molecule has 20 heavy (non-hydrogen) atoms. The summed E-state index contributed by atoms with van der Waals surface area (Å²) in [6.45, 7) is 0. The highest BCUT2D eigenvalue weighted by molar-refractivity contribution is 6.31. The Hall–Kier alpha value is -2.31. The fraction of sp³-hybridized carbons (Fsp3) is 0.125. The highest BCUT2D eigenvalue weighted by atomic mass is 35.5. The zero-order valence-electron chi connectivity index (χ0n) is 10.8. The van der Waals surface area contributed by atoms with Gasteiger partial charge in [-0.3, -0.25) is 4.79 Å². The van der Waals surface area contributed by atoms with Gasteiger partial charge in [0.25, 0.3) is 0 Å². The number of hydrogen-bond acceptors (Lipinski definition) is 2. The normalized spacial score (nSPS) is 9.80. The molecule has 1 N–H and O–H groups in total. The lowest BCUT2D eigenvalue weighted by Gasteiger charge is -2.06. The number of halogens is 1. The first-order valence-electron chi connectivity index (χ1n) is 6.22. The van der Waals surface area contributed by atoms with Crippen LogP contribution in [0, 0.1) is 11.3 Å². The second-order valence-corrected chi connectivity index (χ2v) is 4.75. The monoisotopic (exact) mass is 284 g/mol. The van der Waals surface area contributed by atoms with Crippen LogP contribution < -0.4 is 5.32 Å². The van der Waals surface area contributed by atoms with E-state index >= 15 is 0 Å². The molecule has 0 fully saturated rings. The van der Waals surface area contributed by atoms with Crippen molar-refractivity contribution in [3.05, 3.63) is 64.7 Å². The van der Waals surface area contributed by atoms with Crippen molar-refractivity contribution < 1.29 is 4.79 Å². The van der Waals surface area contributed by atoms with E-state index in [9.17, 15) is 4.79 Å². The first-order chi connectivity index (χ1) is 9.69. The fourth-order valence-electron chi connectivity index (χ4n) is 1.81. The van der Waals surface area contributed by atoms with Gasteiger partial charge in [-0.2, -0.15) is 5.26 Å². The number of aryl methyl sites for hydroxylation is 1. The van der Waals surface area contributed by atoms with Gasteiger partial charge in [0, 0.05) is 12.1 Å². The molecule has 0 unspecified atom stereocenters. The SMILES string of the molecule is N#Cc1cc(NC(=O)CCc2ccccc2)ccc1Cl. The summed E-state index contributed by atoms with van der Waals surface area (Å²) in [5.74, 6) is -0.0833. The lowest BCUT2D eigenvalue weighted by Crippen LogP contribution is -2.12. The molecule has 3 nitrogen and oxygen atoms in total. The molecule has 0 heterocycles. The van der Waals surface area contributed by atoms with Crippen molar-refractivity contribution in [3.63, 3.8) is 0 Å².